The lowest BCUT2D eigenvalue weighted by molar-refractivity contribution is -0.150. The maximum Gasteiger partial charge on any atom is 0.410 e. The molecule has 2 fully saturated rings. The SMILES string of the molecule is CCc1nocc1C(=O)N[C@@H](C(=O)Nc1cc([C@@H](COC)N2C[C@@H](C(F)(F)F)NC2=O)ccn1)C1CCCC(F)(F)C1. The van der Waals surface area contributed by atoms with E-state index in [9.17, 15) is 36.3 Å². The van der Waals surface area contributed by atoms with Crippen molar-refractivity contribution in [3.8, 4) is 0 Å². The number of nitrogens with one attached hydrogen (secondary N) is 3. The van der Waals surface area contributed by atoms with Crippen LogP contribution in [0.5, 0.6) is 0 Å². The molecule has 0 aromatic carbocycles. The highest BCUT2D eigenvalue weighted by Gasteiger charge is 2.48. The van der Waals surface area contributed by atoms with Gasteiger partial charge in [-0.25, -0.2) is 18.6 Å². The molecule has 1 aliphatic carbocycles. The number of methoxy groups -OCH3 is 1. The number of halogens is 5. The molecule has 1 unspecified atom stereocenters. The maximum absolute atomic E-state index is 14.3. The fourth-order valence-electron chi connectivity index (χ4n) is 5.27. The van der Waals surface area contributed by atoms with Crippen LogP contribution in [0.2, 0.25) is 0 Å². The minimum atomic E-state index is -4.65. The number of rotatable bonds is 10. The van der Waals surface area contributed by atoms with E-state index in [4.69, 9.17) is 9.26 Å². The van der Waals surface area contributed by atoms with Crippen molar-refractivity contribution in [3.63, 3.8) is 0 Å². The first-order chi connectivity index (χ1) is 19.8. The summed E-state index contributed by atoms with van der Waals surface area (Å²) in [5.74, 6) is -5.52. The van der Waals surface area contributed by atoms with Crippen molar-refractivity contribution in [2.45, 2.75) is 69.3 Å². The largest absolute Gasteiger partial charge is 0.410 e. The third kappa shape index (κ3) is 7.14. The lowest BCUT2D eigenvalue weighted by Crippen LogP contribution is -2.51. The van der Waals surface area contributed by atoms with Crippen molar-refractivity contribution < 1.29 is 45.6 Å². The number of amides is 4. The van der Waals surface area contributed by atoms with Gasteiger partial charge in [-0.15, -0.1) is 0 Å². The van der Waals surface area contributed by atoms with Crippen LogP contribution in [-0.4, -0.2) is 77.3 Å². The Bertz CT molecular complexity index is 1290. The Hall–Kier alpha value is -3.82. The summed E-state index contributed by atoms with van der Waals surface area (Å²) in [5, 5.41) is 10.7. The molecular formula is C26H31F5N6O5. The van der Waals surface area contributed by atoms with Gasteiger partial charge in [0.1, 0.15) is 29.7 Å². The molecule has 1 aliphatic heterocycles. The van der Waals surface area contributed by atoms with Crippen LogP contribution in [0.25, 0.3) is 0 Å². The van der Waals surface area contributed by atoms with E-state index >= 15 is 0 Å². The Morgan fingerprint density at radius 2 is 2.10 bits per heavy atom. The number of carbonyl (C=O) groups is 3. The number of hydrogen-bond acceptors (Lipinski definition) is 7. The molecule has 2 aromatic heterocycles. The molecule has 1 saturated carbocycles. The molecule has 2 aromatic rings. The van der Waals surface area contributed by atoms with E-state index in [-0.39, 0.29) is 37.3 Å². The summed E-state index contributed by atoms with van der Waals surface area (Å²) in [6.07, 6.45) is -2.47. The molecule has 2 aliphatic rings. The Kier molecular flexibility index (Phi) is 9.33. The average molecular weight is 603 g/mol. The standard InChI is InChI=1S/C26H31F5N6O5/c1-3-17-16(12-42-36-17)22(38)35-21(15-5-4-7-25(27,28)10-15)23(39)34-20-9-14(6-8-32-20)18(13-41-2)37-11-19(26(29,30)31)33-24(37)40/h6,8-9,12,15,18-19,21H,3-5,7,10-11,13H2,1-2H3,(H,33,40)(H,35,38)(H,32,34,39)/t15?,18-,19+,21-/m1/s1. The highest BCUT2D eigenvalue weighted by molar-refractivity contribution is 6.01. The number of pyridine rings is 1. The zero-order valence-electron chi connectivity index (χ0n) is 22.8. The van der Waals surface area contributed by atoms with Gasteiger partial charge in [0.05, 0.1) is 24.9 Å². The zero-order valence-corrected chi connectivity index (χ0v) is 22.8. The number of urea groups is 1. The zero-order chi connectivity index (χ0) is 30.7. The molecule has 0 spiro atoms. The minimum absolute atomic E-state index is 0.0633. The molecule has 4 amide bonds. The van der Waals surface area contributed by atoms with Crippen LogP contribution >= 0.6 is 0 Å². The Morgan fingerprint density at radius 1 is 1.33 bits per heavy atom. The van der Waals surface area contributed by atoms with Crippen LogP contribution in [-0.2, 0) is 16.0 Å². The second-order valence-corrected chi connectivity index (χ2v) is 10.3. The predicted molar refractivity (Wildman–Crippen MR) is 137 cm³/mol. The number of hydrogen-bond donors (Lipinski definition) is 3. The summed E-state index contributed by atoms with van der Waals surface area (Å²) in [6.45, 7) is 0.918. The van der Waals surface area contributed by atoms with Gasteiger partial charge in [0.15, 0.2) is 0 Å². The Balaban J connectivity index is 1.56. The van der Waals surface area contributed by atoms with E-state index in [1.165, 1.54) is 25.4 Å². The highest BCUT2D eigenvalue weighted by Crippen LogP contribution is 2.38. The van der Waals surface area contributed by atoms with Crippen molar-refractivity contribution in [2.24, 2.45) is 5.92 Å². The fraction of sp³-hybridized carbons (Fsp3) is 0.577. The van der Waals surface area contributed by atoms with E-state index in [0.29, 0.717) is 17.7 Å². The Labute approximate surface area is 237 Å². The number of nitrogens with zero attached hydrogens (tertiary/aromatic N) is 3. The Morgan fingerprint density at radius 3 is 2.74 bits per heavy atom. The van der Waals surface area contributed by atoms with Crippen molar-refractivity contribution in [3.05, 3.63) is 41.4 Å². The van der Waals surface area contributed by atoms with Gasteiger partial charge in [0.2, 0.25) is 11.8 Å². The summed E-state index contributed by atoms with van der Waals surface area (Å²) in [7, 11) is 1.32. The molecule has 3 heterocycles. The van der Waals surface area contributed by atoms with Crippen LogP contribution in [0.1, 0.15) is 60.3 Å². The molecule has 3 N–H and O–H groups in total. The second-order valence-electron chi connectivity index (χ2n) is 10.3. The number of alkyl halides is 5. The van der Waals surface area contributed by atoms with Gasteiger partial charge in [-0.1, -0.05) is 12.1 Å². The molecule has 11 nitrogen and oxygen atoms in total. The summed E-state index contributed by atoms with van der Waals surface area (Å²) in [6, 6.07) is -2.55. The maximum atomic E-state index is 14.3. The lowest BCUT2D eigenvalue weighted by Gasteiger charge is -2.34. The van der Waals surface area contributed by atoms with Crippen molar-refractivity contribution in [2.75, 3.05) is 25.6 Å². The monoisotopic (exact) mass is 602 g/mol. The fourth-order valence-corrected chi connectivity index (χ4v) is 5.27. The summed E-state index contributed by atoms with van der Waals surface area (Å²) < 4.78 is 78.4. The first-order valence-corrected chi connectivity index (χ1v) is 13.3. The summed E-state index contributed by atoms with van der Waals surface area (Å²) >= 11 is 0. The first kappa shape index (κ1) is 31.1. The van der Waals surface area contributed by atoms with E-state index in [1.807, 2.05) is 5.32 Å². The molecule has 4 atom stereocenters. The van der Waals surface area contributed by atoms with Crippen LogP contribution in [0.15, 0.2) is 29.1 Å². The van der Waals surface area contributed by atoms with Crippen LogP contribution < -0.4 is 16.0 Å². The number of aromatic nitrogens is 2. The molecule has 230 valence electrons. The van der Waals surface area contributed by atoms with Crippen molar-refractivity contribution in [1.82, 2.24) is 25.7 Å². The number of carbonyl (C=O) groups excluding carboxylic acids is 3. The van der Waals surface area contributed by atoms with E-state index in [1.54, 1.807) is 6.92 Å². The number of ether oxygens (including phenoxy) is 1. The molecule has 0 bridgehead atoms. The normalized spacial score (nSPS) is 21.9. The van der Waals surface area contributed by atoms with Gasteiger partial charge in [-0.2, -0.15) is 13.2 Å². The highest BCUT2D eigenvalue weighted by atomic mass is 19.4. The molecule has 4 rings (SSSR count). The second kappa shape index (κ2) is 12.6. The third-order valence-corrected chi connectivity index (χ3v) is 7.40. The van der Waals surface area contributed by atoms with E-state index in [0.717, 1.165) is 11.2 Å². The quantitative estimate of drug-likeness (QED) is 0.352. The molecule has 1 saturated heterocycles. The van der Waals surface area contributed by atoms with Crippen LogP contribution in [0, 0.1) is 5.92 Å². The molecule has 0 radical (unpaired) electrons. The van der Waals surface area contributed by atoms with Crippen LogP contribution in [0.3, 0.4) is 0 Å². The topological polar surface area (TPSA) is 139 Å². The van der Waals surface area contributed by atoms with Gasteiger partial charge in [-0.05, 0) is 42.9 Å². The van der Waals surface area contributed by atoms with Crippen molar-refractivity contribution >= 4 is 23.7 Å². The van der Waals surface area contributed by atoms with Gasteiger partial charge < -0.3 is 30.1 Å². The summed E-state index contributed by atoms with van der Waals surface area (Å²) in [4.78, 5) is 43.9. The average Bonchev–Trinajstić information content (AvgIpc) is 3.56. The summed E-state index contributed by atoms with van der Waals surface area (Å²) in [5.41, 5.74) is 0.710. The van der Waals surface area contributed by atoms with Gasteiger partial charge in [0.25, 0.3) is 5.91 Å². The molecule has 42 heavy (non-hydrogen) atoms. The van der Waals surface area contributed by atoms with Gasteiger partial charge in [0, 0.05) is 26.1 Å². The third-order valence-electron chi connectivity index (χ3n) is 7.40. The molecule has 16 heteroatoms. The van der Waals surface area contributed by atoms with Crippen molar-refractivity contribution in [1.29, 1.82) is 0 Å². The lowest BCUT2D eigenvalue weighted by atomic mass is 9.81. The van der Waals surface area contributed by atoms with Gasteiger partial charge >= 0.3 is 12.2 Å². The van der Waals surface area contributed by atoms with Crippen LogP contribution in [0.4, 0.5) is 32.6 Å². The number of aryl methyl sites for hydroxylation is 1. The van der Waals surface area contributed by atoms with E-state index in [2.05, 4.69) is 20.8 Å². The molecular weight excluding hydrogens is 571 g/mol. The number of anilines is 1. The smallest absolute Gasteiger partial charge is 0.382 e. The van der Waals surface area contributed by atoms with Gasteiger partial charge in [-0.3, -0.25) is 9.59 Å². The van der Waals surface area contributed by atoms with E-state index < -0.39 is 67.0 Å². The predicted octanol–water partition coefficient (Wildman–Crippen LogP) is 3.84. The first-order valence-electron chi connectivity index (χ1n) is 13.3. The minimum Gasteiger partial charge on any atom is -0.382 e.